The van der Waals surface area contributed by atoms with Crippen molar-refractivity contribution in [3.8, 4) is 11.5 Å². The number of sulfonamides is 1. The predicted molar refractivity (Wildman–Crippen MR) is 196 cm³/mol. The molecule has 2 amide bonds. The van der Waals surface area contributed by atoms with E-state index in [0.717, 1.165) is 47.5 Å². The first kappa shape index (κ1) is 36.7. The van der Waals surface area contributed by atoms with E-state index in [2.05, 4.69) is 5.32 Å². The summed E-state index contributed by atoms with van der Waals surface area (Å²) in [5, 5.41) is 3.65. The van der Waals surface area contributed by atoms with Gasteiger partial charge in [-0.2, -0.15) is 0 Å². The molecule has 0 spiro atoms. The maximum Gasteiger partial charge on any atom is 0.264 e. The molecule has 1 unspecified atom stereocenters. The van der Waals surface area contributed by atoms with Crippen LogP contribution in [0.25, 0.3) is 0 Å². The molecule has 0 radical (unpaired) electrons. The molecule has 4 aromatic carbocycles. The molecule has 0 aromatic heterocycles. The van der Waals surface area contributed by atoms with E-state index in [1.165, 1.54) is 37.3 Å². The Morgan fingerprint density at radius 3 is 2.22 bits per heavy atom. The van der Waals surface area contributed by atoms with E-state index < -0.39 is 28.5 Å². The zero-order valence-electron chi connectivity index (χ0n) is 28.7. The van der Waals surface area contributed by atoms with Crippen LogP contribution in [-0.2, 0) is 32.6 Å². The lowest BCUT2D eigenvalue weighted by molar-refractivity contribution is -0.140. The zero-order valence-corrected chi connectivity index (χ0v) is 30.3. The molecule has 11 heteroatoms. The van der Waals surface area contributed by atoms with Gasteiger partial charge in [0, 0.05) is 30.1 Å². The van der Waals surface area contributed by atoms with Crippen LogP contribution in [0.4, 0.5) is 5.69 Å². The lowest BCUT2D eigenvalue weighted by Gasteiger charge is -2.35. The normalized spacial score (nSPS) is 14.0. The van der Waals surface area contributed by atoms with Crippen LogP contribution in [0.2, 0.25) is 5.02 Å². The molecule has 1 aliphatic rings. The maximum atomic E-state index is 14.9. The van der Waals surface area contributed by atoms with E-state index in [1.54, 1.807) is 42.5 Å². The largest absolute Gasteiger partial charge is 0.497 e. The molecule has 1 atom stereocenters. The standard InChI is InChI=1S/C39H44ClN3O6S/c1-28-18-21-33(22-19-28)50(46,47)43(35-25-32(48-2)20-23-37(35)49-3)27-38(44)42(26-30-14-10-11-17-34(30)40)36(24-29-12-6-4-7-13-29)39(45)41-31-15-8-5-9-16-31/h4,6-7,10-14,17-23,25,31,36H,5,8-9,15-16,24,26-27H2,1-3H3,(H,41,45). The van der Waals surface area contributed by atoms with Crippen LogP contribution in [0, 0.1) is 6.92 Å². The Morgan fingerprint density at radius 2 is 1.56 bits per heavy atom. The molecule has 264 valence electrons. The van der Waals surface area contributed by atoms with Crippen molar-refractivity contribution < 1.29 is 27.5 Å². The van der Waals surface area contributed by atoms with Crippen molar-refractivity contribution in [3.63, 3.8) is 0 Å². The van der Waals surface area contributed by atoms with E-state index in [9.17, 15) is 18.0 Å². The minimum absolute atomic E-state index is 0.00527. The first-order chi connectivity index (χ1) is 24.1. The fraction of sp³-hybridized carbons (Fsp3) is 0.333. The Morgan fingerprint density at radius 1 is 0.880 bits per heavy atom. The molecule has 4 aromatic rings. The van der Waals surface area contributed by atoms with Crippen molar-refractivity contribution >= 4 is 39.1 Å². The molecule has 1 saturated carbocycles. The molecular formula is C39H44ClN3O6S. The first-order valence-corrected chi connectivity index (χ1v) is 18.6. The van der Waals surface area contributed by atoms with Gasteiger partial charge in [-0.3, -0.25) is 13.9 Å². The number of amides is 2. The van der Waals surface area contributed by atoms with Gasteiger partial charge in [-0.15, -0.1) is 0 Å². The molecule has 9 nitrogen and oxygen atoms in total. The number of hydrogen-bond acceptors (Lipinski definition) is 6. The second-order valence-corrected chi connectivity index (χ2v) is 14.8. The van der Waals surface area contributed by atoms with Crippen molar-refractivity contribution in [3.05, 3.63) is 119 Å². The fourth-order valence-corrected chi connectivity index (χ4v) is 7.86. The van der Waals surface area contributed by atoms with Crippen LogP contribution in [-0.4, -0.2) is 58.0 Å². The van der Waals surface area contributed by atoms with Crippen LogP contribution in [0.3, 0.4) is 0 Å². The number of rotatable bonds is 14. The monoisotopic (exact) mass is 717 g/mol. The Hall–Kier alpha value is -4.54. The number of nitrogens with zero attached hydrogens (tertiary/aromatic N) is 2. The highest BCUT2D eigenvalue weighted by Gasteiger charge is 2.36. The summed E-state index contributed by atoms with van der Waals surface area (Å²) in [5.41, 5.74) is 2.47. The molecular weight excluding hydrogens is 674 g/mol. The predicted octanol–water partition coefficient (Wildman–Crippen LogP) is 6.95. The number of methoxy groups -OCH3 is 2. The van der Waals surface area contributed by atoms with Gasteiger partial charge in [-0.25, -0.2) is 8.42 Å². The second-order valence-electron chi connectivity index (χ2n) is 12.5. The topological polar surface area (TPSA) is 105 Å². The van der Waals surface area contributed by atoms with Gasteiger partial charge in [0.15, 0.2) is 0 Å². The molecule has 0 heterocycles. The summed E-state index contributed by atoms with van der Waals surface area (Å²) in [6.45, 7) is 1.20. The van der Waals surface area contributed by atoms with Gasteiger partial charge in [0.1, 0.15) is 24.1 Å². The van der Waals surface area contributed by atoms with Crippen LogP contribution in [0.15, 0.2) is 102 Å². The summed E-state index contributed by atoms with van der Waals surface area (Å²) in [6.07, 6.45) is 5.09. The minimum Gasteiger partial charge on any atom is -0.497 e. The van der Waals surface area contributed by atoms with E-state index in [1.807, 2.05) is 43.3 Å². The summed E-state index contributed by atoms with van der Waals surface area (Å²) < 4.78 is 41.1. The van der Waals surface area contributed by atoms with Gasteiger partial charge < -0.3 is 19.7 Å². The van der Waals surface area contributed by atoms with E-state index in [0.29, 0.717) is 16.3 Å². The number of carbonyl (C=O) groups is 2. The quantitative estimate of drug-likeness (QED) is 0.151. The van der Waals surface area contributed by atoms with Crippen LogP contribution in [0.5, 0.6) is 11.5 Å². The van der Waals surface area contributed by atoms with Gasteiger partial charge in [0.2, 0.25) is 11.8 Å². The number of carbonyl (C=O) groups excluding carboxylic acids is 2. The number of ether oxygens (including phenoxy) is 2. The SMILES string of the molecule is COc1ccc(OC)c(N(CC(=O)N(Cc2ccccc2Cl)C(Cc2ccccc2)C(=O)NC2CCCCC2)S(=O)(=O)c2ccc(C)cc2)c1. The zero-order chi connectivity index (χ0) is 35.7. The average molecular weight is 718 g/mol. The highest BCUT2D eigenvalue weighted by Crippen LogP contribution is 2.36. The number of halogens is 1. The first-order valence-electron chi connectivity index (χ1n) is 16.8. The van der Waals surface area contributed by atoms with Gasteiger partial charge in [0.25, 0.3) is 10.0 Å². The molecule has 0 aliphatic heterocycles. The van der Waals surface area contributed by atoms with E-state index in [4.69, 9.17) is 21.1 Å². The third-order valence-electron chi connectivity index (χ3n) is 9.06. The van der Waals surface area contributed by atoms with Crippen LogP contribution < -0.4 is 19.1 Å². The Bertz CT molecular complexity index is 1860. The summed E-state index contributed by atoms with van der Waals surface area (Å²) in [4.78, 5) is 30.7. The van der Waals surface area contributed by atoms with Crippen molar-refractivity contribution in [2.24, 2.45) is 0 Å². The lowest BCUT2D eigenvalue weighted by Crippen LogP contribution is -2.55. The number of aryl methyl sites for hydroxylation is 1. The van der Waals surface area contributed by atoms with Crippen molar-refractivity contribution in [1.29, 1.82) is 0 Å². The highest BCUT2D eigenvalue weighted by atomic mass is 35.5. The number of anilines is 1. The molecule has 0 saturated heterocycles. The number of hydrogen-bond donors (Lipinski definition) is 1. The summed E-state index contributed by atoms with van der Waals surface area (Å²) >= 11 is 6.64. The van der Waals surface area contributed by atoms with Gasteiger partial charge in [-0.1, -0.05) is 97.1 Å². The molecule has 1 N–H and O–H groups in total. The molecule has 1 aliphatic carbocycles. The minimum atomic E-state index is -4.34. The highest BCUT2D eigenvalue weighted by molar-refractivity contribution is 7.92. The van der Waals surface area contributed by atoms with Crippen molar-refractivity contribution in [2.45, 2.75) is 69.0 Å². The Balaban J connectivity index is 1.62. The molecule has 5 rings (SSSR count). The fourth-order valence-electron chi connectivity index (χ4n) is 6.25. The molecule has 50 heavy (non-hydrogen) atoms. The van der Waals surface area contributed by atoms with Crippen molar-refractivity contribution in [1.82, 2.24) is 10.2 Å². The Kier molecular flexibility index (Phi) is 12.4. The maximum absolute atomic E-state index is 14.9. The summed E-state index contributed by atoms with van der Waals surface area (Å²) in [7, 11) is -1.44. The third-order valence-corrected chi connectivity index (χ3v) is 11.2. The average Bonchev–Trinajstić information content (AvgIpc) is 3.13. The Labute approximate surface area is 300 Å². The second kappa shape index (κ2) is 16.9. The van der Waals surface area contributed by atoms with Gasteiger partial charge >= 0.3 is 0 Å². The smallest absolute Gasteiger partial charge is 0.264 e. The molecule has 1 fully saturated rings. The van der Waals surface area contributed by atoms with Crippen molar-refractivity contribution in [2.75, 3.05) is 25.1 Å². The number of nitrogens with one attached hydrogen (secondary N) is 1. The van der Waals surface area contributed by atoms with E-state index >= 15 is 0 Å². The van der Waals surface area contributed by atoms with Crippen LogP contribution >= 0.6 is 11.6 Å². The molecule has 0 bridgehead atoms. The third kappa shape index (κ3) is 8.97. The lowest BCUT2D eigenvalue weighted by atomic mass is 9.94. The van der Waals surface area contributed by atoms with E-state index in [-0.39, 0.29) is 41.2 Å². The van der Waals surface area contributed by atoms with Crippen LogP contribution in [0.1, 0.15) is 48.8 Å². The summed E-state index contributed by atoms with van der Waals surface area (Å²) in [5.74, 6) is -0.292. The number of benzene rings is 4. The van der Waals surface area contributed by atoms with Gasteiger partial charge in [-0.05, 0) is 61.2 Å². The summed E-state index contributed by atoms with van der Waals surface area (Å²) in [6, 6.07) is 26.8. The van der Waals surface area contributed by atoms with Gasteiger partial charge in [0.05, 0.1) is 24.8 Å².